The van der Waals surface area contributed by atoms with Gasteiger partial charge < -0.3 is 27.8 Å². The highest BCUT2D eigenvalue weighted by Gasteiger charge is 2.21. The number of aromatic nitrogens is 2. The first-order valence-electron chi connectivity index (χ1n) is 38.9. The number of benzene rings is 18. The second-order valence-electron chi connectivity index (χ2n) is 29.6. The van der Waals surface area contributed by atoms with Crippen molar-refractivity contribution in [2.24, 2.45) is 0 Å². The van der Waals surface area contributed by atoms with Gasteiger partial charge in [0.2, 0.25) is 0 Å². The predicted octanol–water partition coefficient (Wildman–Crippen LogP) is 30.3. The number of nitrogens with zero attached hydrogens (tertiary/aromatic N) is 4. The third-order valence-electron chi connectivity index (χ3n) is 23.0. The van der Waals surface area contributed by atoms with Gasteiger partial charge in [-0.1, -0.05) is 255 Å². The zero-order valence-electron chi connectivity index (χ0n) is 62.0. The first-order valence-corrected chi connectivity index (χ1v) is 38.9. The van der Waals surface area contributed by atoms with E-state index in [0.29, 0.717) is 0 Å². The van der Waals surface area contributed by atoms with Gasteiger partial charge in [-0.3, -0.25) is 0 Å². The van der Waals surface area contributed by atoms with E-state index in [1.54, 1.807) is 0 Å². The molecule has 0 unspecified atom stereocenters. The van der Waals surface area contributed by atoms with E-state index in [0.717, 1.165) is 167 Å². The molecule has 0 N–H and O–H groups in total. The quantitative estimate of drug-likeness (QED) is 0.103. The summed E-state index contributed by atoms with van der Waals surface area (Å²) >= 11 is 0. The molecule has 0 amide bonds. The van der Waals surface area contributed by atoms with Gasteiger partial charge in [0.05, 0.1) is 22.1 Å². The Bertz CT molecular complexity index is 6860. The van der Waals surface area contributed by atoms with Gasteiger partial charge in [-0.25, -0.2) is 0 Å². The standard InChI is InChI=1S/C108H70N4O2/c1-7-25-101-93(19-1)94-20-2-8-26-102(94)111(101)91-61-35-73(36-62-91)71-31-49-85(50-32-71)109(89-57-43-77(44-58-89)83-47-65-107-99(69-83)97-23-5-11-29-105(97)113-107)87-53-39-75(40-54-87)79-15-13-17-81(67-79)82-18-14-16-80(68-82)76-41-55-88(56-42-76)110(90-59-45-78(46-60-90)84-48-66-108-100(70-84)98-24-6-12-30-106(98)114-108)86-51-33-72(34-52-86)74-37-63-92(64-38-74)112-103-27-9-3-21-95(103)96-22-4-10-28-104(96)112/h1-70H. The Morgan fingerprint density at radius 2 is 0.360 bits per heavy atom. The zero-order chi connectivity index (χ0) is 75.2. The fraction of sp³-hybridized carbons (Fsp3) is 0. The summed E-state index contributed by atoms with van der Waals surface area (Å²) in [5.41, 5.74) is 33.0. The average molecular weight is 1460 g/mol. The van der Waals surface area contributed by atoms with Crippen LogP contribution in [-0.2, 0) is 0 Å². The van der Waals surface area contributed by atoms with Gasteiger partial charge in [-0.15, -0.1) is 0 Å². The topological polar surface area (TPSA) is 42.6 Å². The SMILES string of the molecule is c1cc(-c2ccc(N(c3ccc(-c4ccc(-n5c6ccccc6c6ccccc65)cc4)cc3)c3ccc(-c4ccc5oc6ccccc6c5c4)cc3)cc2)cc(-c2cccc(-c3ccc(N(c4ccc(-c5ccc(-n6c7ccccc7c7ccccc76)cc5)cc4)c4ccc(-c5ccc6oc7ccccc7c6c5)cc4)cc3)c2)c1. The van der Waals surface area contributed by atoms with Crippen LogP contribution in [0.1, 0.15) is 0 Å². The lowest BCUT2D eigenvalue weighted by Gasteiger charge is -2.26. The Kier molecular flexibility index (Phi) is 15.8. The molecule has 0 aliphatic carbocycles. The largest absolute Gasteiger partial charge is 0.456 e. The predicted molar refractivity (Wildman–Crippen MR) is 477 cm³/mol. The van der Waals surface area contributed by atoms with E-state index in [1.165, 1.54) is 43.6 Å². The minimum absolute atomic E-state index is 0.889. The Balaban J connectivity index is 0.552. The first kappa shape index (κ1) is 65.8. The summed E-state index contributed by atoms with van der Waals surface area (Å²) in [6.07, 6.45) is 0. The van der Waals surface area contributed by atoms with Crippen LogP contribution in [0.15, 0.2) is 433 Å². The molecule has 534 valence electrons. The van der Waals surface area contributed by atoms with Gasteiger partial charge in [0.15, 0.2) is 0 Å². The van der Waals surface area contributed by atoms with Gasteiger partial charge in [0.1, 0.15) is 22.3 Å². The molecule has 4 aromatic heterocycles. The van der Waals surface area contributed by atoms with Crippen LogP contribution in [0.4, 0.5) is 34.1 Å². The monoisotopic (exact) mass is 1450 g/mol. The molecule has 0 spiro atoms. The van der Waals surface area contributed by atoms with Gasteiger partial charge in [0.25, 0.3) is 0 Å². The first-order chi connectivity index (χ1) is 56.5. The van der Waals surface area contributed by atoms with Gasteiger partial charge in [0, 0.05) is 88.6 Å². The van der Waals surface area contributed by atoms with E-state index in [2.05, 4.69) is 419 Å². The summed E-state index contributed by atoms with van der Waals surface area (Å²) in [7, 11) is 0. The molecule has 0 atom stereocenters. The third kappa shape index (κ3) is 11.6. The number of anilines is 6. The molecule has 0 aliphatic heterocycles. The molecule has 18 aromatic carbocycles. The second kappa shape index (κ2) is 27.4. The summed E-state index contributed by atoms with van der Waals surface area (Å²) in [6.45, 7) is 0. The van der Waals surface area contributed by atoms with E-state index in [-0.39, 0.29) is 0 Å². The second-order valence-corrected chi connectivity index (χ2v) is 29.6. The lowest BCUT2D eigenvalue weighted by Crippen LogP contribution is -2.09. The van der Waals surface area contributed by atoms with Gasteiger partial charge in [-0.2, -0.15) is 0 Å². The van der Waals surface area contributed by atoms with Crippen molar-refractivity contribution in [3.63, 3.8) is 0 Å². The third-order valence-corrected chi connectivity index (χ3v) is 23.0. The van der Waals surface area contributed by atoms with Crippen LogP contribution in [0, 0.1) is 0 Å². The molecule has 6 nitrogen and oxygen atoms in total. The number of para-hydroxylation sites is 6. The lowest BCUT2D eigenvalue weighted by molar-refractivity contribution is 0.668. The summed E-state index contributed by atoms with van der Waals surface area (Å²) < 4.78 is 17.2. The normalized spacial score (nSPS) is 11.7. The molecule has 6 heteroatoms. The number of rotatable bonds is 15. The number of hydrogen-bond donors (Lipinski definition) is 0. The van der Waals surface area contributed by atoms with E-state index < -0.39 is 0 Å². The van der Waals surface area contributed by atoms with Gasteiger partial charge in [-0.05, 0) is 248 Å². The van der Waals surface area contributed by atoms with Crippen molar-refractivity contribution < 1.29 is 8.83 Å². The fourth-order valence-corrected chi connectivity index (χ4v) is 17.3. The van der Waals surface area contributed by atoms with E-state index in [1.807, 2.05) is 24.3 Å². The van der Waals surface area contributed by atoms with Crippen molar-refractivity contribution in [2.45, 2.75) is 0 Å². The molecular formula is C108H70N4O2. The molecular weight excluding hydrogens is 1390 g/mol. The maximum atomic E-state index is 6.22. The van der Waals surface area contributed by atoms with Crippen LogP contribution in [-0.4, -0.2) is 9.13 Å². The van der Waals surface area contributed by atoms with Crippen molar-refractivity contribution >= 4 is 122 Å². The molecule has 114 heavy (non-hydrogen) atoms. The maximum absolute atomic E-state index is 6.22. The number of furan rings is 2. The Morgan fingerprint density at radius 3 is 0.649 bits per heavy atom. The van der Waals surface area contributed by atoms with Crippen molar-refractivity contribution in [3.05, 3.63) is 425 Å². The summed E-state index contributed by atoms with van der Waals surface area (Å²) in [5.74, 6) is 0. The van der Waals surface area contributed by atoms with Crippen LogP contribution in [0.25, 0.3) is 177 Å². The Morgan fingerprint density at radius 1 is 0.149 bits per heavy atom. The van der Waals surface area contributed by atoms with E-state index in [9.17, 15) is 0 Å². The minimum Gasteiger partial charge on any atom is -0.456 e. The van der Waals surface area contributed by atoms with Crippen LogP contribution in [0.3, 0.4) is 0 Å². The molecule has 0 fully saturated rings. The molecule has 0 saturated heterocycles. The molecule has 4 heterocycles. The molecule has 0 saturated carbocycles. The number of hydrogen-bond acceptors (Lipinski definition) is 4. The van der Waals surface area contributed by atoms with Crippen molar-refractivity contribution in [2.75, 3.05) is 9.80 Å². The Hall–Kier alpha value is -15.2. The van der Waals surface area contributed by atoms with E-state index >= 15 is 0 Å². The van der Waals surface area contributed by atoms with Gasteiger partial charge >= 0.3 is 0 Å². The van der Waals surface area contributed by atoms with Crippen LogP contribution in [0.5, 0.6) is 0 Å². The highest BCUT2D eigenvalue weighted by atomic mass is 16.3. The maximum Gasteiger partial charge on any atom is 0.135 e. The lowest BCUT2D eigenvalue weighted by atomic mass is 9.96. The molecule has 0 radical (unpaired) electrons. The minimum atomic E-state index is 0.889. The molecule has 22 rings (SSSR count). The Labute approximate surface area is 659 Å². The zero-order valence-corrected chi connectivity index (χ0v) is 62.0. The smallest absolute Gasteiger partial charge is 0.135 e. The van der Waals surface area contributed by atoms with Crippen molar-refractivity contribution in [1.29, 1.82) is 0 Å². The van der Waals surface area contributed by atoms with Crippen LogP contribution in [0.2, 0.25) is 0 Å². The van der Waals surface area contributed by atoms with Crippen LogP contribution >= 0.6 is 0 Å². The van der Waals surface area contributed by atoms with Crippen LogP contribution < -0.4 is 9.80 Å². The highest BCUT2D eigenvalue weighted by Crippen LogP contribution is 2.44. The average Bonchev–Trinajstić information content (AvgIpc) is 1.59. The highest BCUT2D eigenvalue weighted by molar-refractivity contribution is 6.11. The van der Waals surface area contributed by atoms with Crippen molar-refractivity contribution in [3.8, 4) is 89.3 Å². The van der Waals surface area contributed by atoms with E-state index in [4.69, 9.17) is 8.83 Å². The summed E-state index contributed by atoms with van der Waals surface area (Å²) in [5, 5.41) is 9.49. The fourth-order valence-electron chi connectivity index (χ4n) is 17.3. The molecule has 0 aliphatic rings. The molecule has 22 aromatic rings. The molecule has 0 bridgehead atoms. The number of fused-ring (bicyclic) bond motifs is 12. The summed E-state index contributed by atoms with van der Waals surface area (Å²) in [4.78, 5) is 4.72. The summed E-state index contributed by atoms with van der Waals surface area (Å²) in [6, 6.07) is 154. The van der Waals surface area contributed by atoms with Crippen molar-refractivity contribution in [1.82, 2.24) is 9.13 Å².